The number of hydrazine groups is 1. The maximum absolute atomic E-state index is 13.1. The van der Waals surface area contributed by atoms with Gasteiger partial charge in [-0.3, -0.25) is 20.4 Å². The number of carbonyl (C=O) groups excluding carboxylic acids is 2. The van der Waals surface area contributed by atoms with Gasteiger partial charge in [0, 0.05) is 49.5 Å². The van der Waals surface area contributed by atoms with Crippen LogP contribution in [-0.4, -0.2) is 74.0 Å². The zero-order valence-corrected chi connectivity index (χ0v) is 23.4. The van der Waals surface area contributed by atoms with Crippen LogP contribution >= 0.6 is 0 Å². The van der Waals surface area contributed by atoms with E-state index < -0.39 is 0 Å². The topological polar surface area (TPSA) is 85.9 Å². The van der Waals surface area contributed by atoms with Crippen LogP contribution in [0.25, 0.3) is 6.08 Å². The lowest BCUT2D eigenvalue weighted by Gasteiger charge is -2.33. The highest BCUT2D eigenvalue weighted by Crippen LogP contribution is 2.65. The van der Waals surface area contributed by atoms with Crippen LogP contribution < -0.4 is 20.9 Å². The molecule has 3 N–H and O–H groups in total. The van der Waals surface area contributed by atoms with Gasteiger partial charge in [-0.05, 0) is 91.9 Å². The number of carbonyl (C=O) groups is 2. The SMILES string of the molecule is COc1ccc2c(c1)[C@]1(C[C@H]1C1CCC3C(/C=C/c4ccc(C(=O)N5CCN(C)CC5)cc4)NNC3C1)C(=O)N2. The molecule has 0 bridgehead atoms. The molecule has 5 aliphatic rings. The number of fused-ring (bicyclic) bond motifs is 3. The first-order valence-corrected chi connectivity index (χ1v) is 14.7. The molecule has 40 heavy (non-hydrogen) atoms. The summed E-state index contributed by atoms with van der Waals surface area (Å²) in [6.45, 7) is 3.44. The number of piperazine rings is 1. The highest BCUT2D eigenvalue weighted by molar-refractivity contribution is 6.09. The van der Waals surface area contributed by atoms with Crippen molar-refractivity contribution in [1.29, 1.82) is 0 Å². The summed E-state index contributed by atoms with van der Waals surface area (Å²) in [5.41, 5.74) is 10.7. The number of nitrogens with zero attached hydrogens (tertiary/aromatic N) is 2. The average Bonchev–Trinajstić information content (AvgIpc) is 3.53. The van der Waals surface area contributed by atoms with E-state index in [0.717, 1.165) is 80.0 Å². The van der Waals surface area contributed by atoms with Gasteiger partial charge in [0.15, 0.2) is 0 Å². The highest BCUT2D eigenvalue weighted by Gasteiger charge is 2.67. The Balaban J connectivity index is 0.965. The number of benzene rings is 2. The molecule has 3 heterocycles. The first-order valence-electron chi connectivity index (χ1n) is 14.7. The Hall–Kier alpha value is -3.20. The largest absolute Gasteiger partial charge is 0.497 e. The summed E-state index contributed by atoms with van der Waals surface area (Å²) in [6.07, 6.45) is 8.75. The molecule has 4 fully saturated rings. The van der Waals surface area contributed by atoms with Crippen LogP contribution in [0, 0.1) is 17.8 Å². The summed E-state index contributed by atoms with van der Waals surface area (Å²) in [4.78, 5) is 30.2. The van der Waals surface area contributed by atoms with Gasteiger partial charge in [-0.1, -0.05) is 24.3 Å². The molecule has 2 saturated carbocycles. The Morgan fingerprint density at radius 2 is 1.85 bits per heavy atom. The van der Waals surface area contributed by atoms with Crippen molar-refractivity contribution in [2.45, 2.75) is 43.2 Å². The Morgan fingerprint density at radius 3 is 2.62 bits per heavy atom. The fourth-order valence-corrected chi connectivity index (χ4v) is 7.74. The third-order valence-electron chi connectivity index (χ3n) is 10.2. The minimum absolute atomic E-state index is 0.125. The summed E-state index contributed by atoms with van der Waals surface area (Å²) >= 11 is 0. The number of anilines is 1. The van der Waals surface area contributed by atoms with Gasteiger partial charge in [-0.15, -0.1) is 0 Å². The second-order valence-electron chi connectivity index (χ2n) is 12.4. The van der Waals surface area contributed by atoms with Gasteiger partial charge in [-0.25, -0.2) is 0 Å². The van der Waals surface area contributed by atoms with Gasteiger partial charge < -0.3 is 19.9 Å². The van der Waals surface area contributed by atoms with Crippen molar-refractivity contribution in [2.75, 3.05) is 45.7 Å². The van der Waals surface area contributed by atoms with Gasteiger partial charge >= 0.3 is 0 Å². The lowest BCUT2D eigenvalue weighted by molar-refractivity contribution is -0.118. The molecule has 4 unspecified atom stereocenters. The first-order chi connectivity index (χ1) is 19.5. The van der Waals surface area contributed by atoms with Gasteiger partial charge in [0.2, 0.25) is 5.91 Å². The van der Waals surface area contributed by atoms with E-state index in [2.05, 4.69) is 46.3 Å². The number of hydrogen-bond donors (Lipinski definition) is 3. The molecule has 2 aromatic carbocycles. The smallest absolute Gasteiger partial charge is 0.253 e. The van der Waals surface area contributed by atoms with Crippen LogP contribution in [0.4, 0.5) is 5.69 Å². The Bertz CT molecular complexity index is 1330. The fraction of sp³-hybridized carbons (Fsp3) is 0.500. The van der Waals surface area contributed by atoms with Crippen molar-refractivity contribution in [3.63, 3.8) is 0 Å². The highest BCUT2D eigenvalue weighted by atomic mass is 16.5. The molecule has 0 aromatic heterocycles. The van der Waals surface area contributed by atoms with Crippen LogP contribution in [0.2, 0.25) is 0 Å². The third kappa shape index (κ3) is 4.33. The lowest BCUT2D eigenvalue weighted by Crippen LogP contribution is -2.47. The van der Waals surface area contributed by atoms with Gasteiger partial charge in [0.1, 0.15) is 5.75 Å². The second-order valence-corrected chi connectivity index (χ2v) is 12.4. The fourth-order valence-electron chi connectivity index (χ4n) is 7.74. The summed E-state index contributed by atoms with van der Waals surface area (Å²) in [5, 5.41) is 3.13. The van der Waals surface area contributed by atoms with Gasteiger partial charge in [-0.2, -0.15) is 0 Å². The molecule has 6 atom stereocenters. The molecule has 8 heteroatoms. The Kier molecular flexibility index (Phi) is 6.45. The van der Waals surface area contributed by atoms with E-state index in [1.54, 1.807) is 7.11 Å². The predicted molar refractivity (Wildman–Crippen MR) is 155 cm³/mol. The number of ether oxygens (including phenoxy) is 1. The van der Waals surface area contributed by atoms with E-state index in [1.165, 1.54) is 0 Å². The number of rotatable bonds is 5. The molecule has 2 aliphatic carbocycles. The molecule has 3 aliphatic heterocycles. The molecule has 2 amide bonds. The third-order valence-corrected chi connectivity index (χ3v) is 10.2. The van der Waals surface area contributed by atoms with Crippen molar-refractivity contribution < 1.29 is 14.3 Å². The zero-order valence-electron chi connectivity index (χ0n) is 23.4. The quantitative estimate of drug-likeness (QED) is 0.539. The summed E-state index contributed by atoms with van der Waals surface area (Å²) in [6, 6.07) is 14.6. The molecule has 1 spiro atoms. The van der Waals surface area contributed by atoms with Crippen LogP contribution in [0.1, 0.15) is 47.2 Å². The van der Waals surface area contributed by atoms with Gasteiger partial charge in [0.05, 0.1) is 12.5 Å². The minimum Gasteiger partial charge on any atom is -0.497 e. The monoisotopic (exact) mass is 541 g/mol. The van der Waals surface area contributed by atoms with Crippen molar-refractivity contribution in [3.05, 3.63) is 65.2 Å². The molecule has 2 aromatic rings. The number of likely N-dealkylation sites (N-methyl/N-ethyl adjacent to an activating group) is 1. The van der Waals surface area contributed by atoms with Gasteiger partial charge in [0.25, 0.3) is 5.91 Å². The van der Waals surface area contributed by atoms with Crippen molar-refractivity contribution in [1.82, 2.24) is 20.7 Å². The average molecular weight is 542 g/mol. The second kappa shape index (κ2) is 10.0. The van der Waals surface area contributed by atoms with Crippen molar-refractivity contribution in [2.24, 2.45) is 17.8 Å². The van der Waals surface area contributed by atoms with Crippen LogP contribution in [0.3, 0.4) is 0 Å². The number of amides is 2. The first kappa shape index (κ1) is 25.7. The van der Waals surface area contributed by atoms with E-state index in [9.17, 15) is 9.59 Å². The Morgan fingerprint density at radius 1 is 1.05 bits per heavy atom. The van der Waals surface area contributed by atoms with E-state index >= 15 is 0 Å². The predicted octanol–water partition coefficient (Wildman–Crippen LogP) is 3.27. The van der Waals surface area contributed by atoms with Crippen LogP contribution in [0.15, 0.2) is 48.5 Å². The molecule has 7 rings (SSSR count). The van der Waals surface area contributed by atoms with E-state index in [1.807, 2.05) is 41.3 Å². The number of methoxy groups -OCH3 is 1. The summed E-state index contributed by atoms with van der Waals surface area (Å²) in [5.74, 6) is 2.57. The molecule has 210 valence electrons. The van der Waals surface area contributed by atoms with E-state index in [4.69, 9.17) is 4.74 Å². The normalized spacial score (nSPS) is 33.2. The maximum atomic E-state index is 13.1. The number of nitrogens with one attached hydrogen (secondary N) is 3. The van der Waals surface area contributed by atoms with Crippen LogP contribution in [0.5, 0.6) is 5.75 Å². The maximum Gasteiger partial charge on any atom is 0.253 e. The van der Waals surface area contributed by atoms with Crippen molar-refractivity contribution >= 4 is 23.6 Å². The molecule has 8 nitrogen and oxygen atoms in total. The van der Waals surface area contributed by atoms with E-state index in [-0.39, 0.29) is 23.3 Å². The Labute approximate surface area is 236 Å². The van der Waals surface area contributed by atoms with Crippen LogP contribution in [-0.2, 0) is 10.2 Å². The van der Waals surface area contributed by atoms with E-state index in [0.29, 0.717) is 23.8 Å². The molecular weight excluding hydrogens is 502 g/mol. The summed E-state index contributed by atoms with van der Waals surface area (Å²) < 4.78 is 5.46. The number of hydrogen-bond acceptors (Lipinski definition) is 6. The standard InChI is InChI=1S/C32H39N5O3/c1-36-13-15-37(16-14-36)30(38)21-6-3-20(4-7-21)5-11-27-24-10-8-22(17-29(24)35-34-27)26-19-32(26)25-18-23(40-2)9-12-28(25)33-31(32)39/h3-7,9,11-12,18,22,24,26-27,29,34-35H,8,10,13-17,19H2,1-2H3,(H,33,39)/b11-5+/t22?,24?,26-,27?,29?,32-/m0/s1. The lowest BCUT2D eigenvalue weighted by atomic mass is 9.73. The molecule has 2 saturated heterocycles. The van der Waals surface area contributed by atoms with Crippen molar-refractivity contribution in [3.8, 4) is 5.75 Å². The zero-order chi connectivity index (χ0) is 27.4. The minimum atomic E-state index is -0.370. The summed E-state index contributed by atoms with van der Waals surface area (Å²) in [7, 11) is 3.78. The molecule has 0 radical (unpaired) electrons. The molecular formula is C32H39N5O3.